The second kappa shape index (κ2) is 8.47. The number of benzene rings is 2. The summed E-state index contributed by atoms with van der Waals surface area (Å²) < 4.78 is 5.74. The second-order valence-electron chi connectivity index (χ2n) is 5.85. The Morgan fingerprint density at radius 1 is 1.22 bits per heavy atom. The molecular weight excluding hydrogens is 358 g/mol. The summed E-state index contributed by atoms with van der Waals surface area (Å²) >= 11 is 1.39. The first kappa shape index (κ1) is 18.6. The van der Waals surface area contributed by atoms with Gasteiger partial charge in [-0.2, -0.15) is 5.26 Å². The lowest BCUT2D eigenvalue weighted by Crippen LogP contribution is -2.23. The molecule has 2 aromatic carbocycles. The highest BCUT2D eigenvalue weighted by Crippen LogP contribution is 2.32. The molecule has 5 nitrogen and oxygen atoms in total. The number of thiazole rings is 1. The van der Waals surface area contributed by atoms with Crippen LogP contribution in [0.5, 0.6) is 5.75 Å². The van der Waals surface area contributed by atoms with E-state index in [4.69, 9.17) is 10.00 Å². The number of nitrogens with zero attached hydrogens (tertiary/aromatic N) is 3. The molecule has 0 aliphatic rings. The summed E-state index contributed by atoms with van der Waals surface area (Å²) in [5.74, 6) is 0.432. The quantitative estimate of drug-likeness (QED) is 0.616. The van der Waals surface area contributed by atoms with Crippen molar-refractivity contribution in [2.45, 2.75) is 26.9 Å². The van der Waals surface area contributed by atoms with Crippen LogP contribution >= 0.6 is 11.3 Å². The fraction of sp³-hybridized carbons (Fsp3) is 0.190. The van der Waals surface area contributed by atoms with Crippen LogP contribution in [0.25, 0.3) is 0 Å². The van der Waals surface area contributed by atoms with Crippen LogP contribution in [0.3, 0.4) is 0 Å². The molecule has 1 heterocycles. The van der Waals surface area contributed by atoms with Gasteiger partial charge in [-0.25, -0.2) is 4.98 Å². The topological polar surface area (TPSA) is 66.2 Å². The van der Waals surface area contributed by atoms with Crippen LogP contribution in [0.4, 0.5) is 10.8 Å². The van der Waals surface area contributed by atoms with Crippen molar-refractivity contribution in [3.05, 3.63) is 70.7 Å². The molecule has 0 bridgehead atoms. The first-order valence-corrected chi connectivity index (χ1v) is 9.47. The highest BCUT2D eigenvalue weighted by atomic mass is 32.1. The number of nitriles is 1. The maximum atomic E-state index is 12.3. The lowest BCUT2D eigenvalue weighted by molar-refractivity contribution is -0.115. The number of ether oxygens (including phenoxy) is 1. The number of hydrogen-bond acceptors (Lipinski definition) is 5. The van der Waals surface area contributed by atoms with Crippen molar-refractivity contribution in [3.63, 3.8) is 0 Å². The van der Waals surface area contributed by atoms with Crippen molar-refractivity contribution in [1.29, 1.82) is 5.26 Å². The summed E-state index contributed by atoms with van der Waals surface area (Å²) in [7, 11) is 0. The van der Waals surface area contributed by atoms with Gasteiger partial charge in [0.15, 0.2) is 5.13 Å². The van der Waals surface area contributed by atoms with E-state index >= 15 is 0 Å². The largest absolute Gasteiger partial charge is 0.486 e. The Morgan fingerprint density at radius 2 is 1.96 bits per heavy atom. The average molecular weight is 377 g/mol. The van der Waals surface area contributed by atoms with Crippen LogP contribution in [0.15, 0.2) is 53.9 Å². The SMILES string of the molecule is CCc1ccccc1N(C(C)=O)c1nc(COc2ccccc2C#N)cs1. The van der Waals surface area contributed by atoms with Crippen molar-refractivity contribution in [3.8, 4) is 11.8 Å². The third-order valence-electron chi connectivity index (χ3n) is 4.04. The Hall–Kier alpha value is -3.17. The van der Waals surface area contributed by atoms with E-state index in [0.29, 0.717) is 22.1 Å². The van der Waals surface area contributed by atoms with Crippen molar-refractivity contribution in [2.75, 3.05) is 4.90 Å². The van der Waals surface area contributed by atoms with Crippen molar-refractivity contribution in [1.82, 2.24) is 4.98 Å². The Balaban J connectivity index is 1.83. The summed E-state index contributed by atoms with van der Waals surface area (Å²) in [6.45, 7) is 3.83. The molecule has 0 aliphatic heterocycles. The third-order valence-corrected chi connectivity index (χ3v) is 4.92. The molecule has 0 spiro atoms. The van der Waals surface area contributed by atoms with Crippen molar-refractivity contribution in [2.24, 2.45) is 0 Å². The molecule has 27 heavy (non-hydrogen) atoms. The van der Waals surface area contributed by atoms with E-state index in [-0.39, 0.29) is 12.5 Å². The average Bonchev–Trinajstić information content (AvgIpc) is 3.15. The molecule has 136 valence electrons. The van der Waals surface area contributed by atoms with Crippen LogP contribution in [-0.2, 0) is 17.8 Å². The Morgan fingerprint density at radius 3 is 2.70 bits per heavy atom. The second-order valence-corrected chi connectivity index (χ2v) is 6.69. The highest BCUT2D eigenvalue weighted by molar-refractivity contribution is 7.14. The molecule has 0 aliphatic carbocycles. The number of aromatic nitrogens is 1. The van der Waals surface area contributed by atoms with Crippen LogP contribution in [0.1, 0.15) is 30.7 Å². The molecule has 1 aromatic heterocycles. The number of aryl methyl sites for hydroxylation is 1. The summed E-state index contributed by atoms with van der Waals surface area (Å²) in [6.07, 6.45) is 0.826. The summed E-state index contributed by atoms with van der Waals surface area (Å²) in [5, 5.41) is 11.6. The molecule has 0 unspecified atom stereocenters. The fourth-order valence-electron chi connectivity index (χ4n) is 2.74. The Bertz CT molecular complexity index is 991. The van der Waals surface area contributed by atoms with Crippen LogP contribution in [0.2, 0.25) is 0 Å². The van der Waals surface area contributed by atoms with Crippen LogP contribution < -0.4 is 9.64 Å². The number of hydrogen-bond donors (Lipinski definition) is 0. The monoisotopic (exact) mass is 377 g/mol. The summed E-state index contributed by atoms with van der Waals surface area (Å²) in [5.41, 5.74) is 3.13. The van der Waals surface area contributed by atoms with Gasteiger partial charge in [-0.3, -0.25) is 9.69 Å². The number of carbonyl (C=O) groups excluding carboxylic acids is 1. The van der Waals surface area contributed by atoms with Gasteiger partial charge in [0.2, 0.25) is 5.91 Å². The van der Waals surface area contributed by atoms with E-state index in [9.17, 15) is 4.79 Å². The van der Waals surface area contributed by atoms with Gasteiger partial charge in [0.25, 0.3) is 0 Å². The van der Waals surface area contributed by atoms with Gasteiger partial charge in [0.1, 0.15) is 18.4 Å². The molecule has 0 atom stereocenters. The lowest BCUT2D eigenvalue weighted by atomic mass is 10.1. The highest BCUT2D eigenvalue weighted by Gasteiger charge is 2.20. The minimum absolute atomic E-state index is 0.0902. The number of rotatable bonds is 6. The first-order valence-electron chi connectivity index (χ1n) is 8.59. The van der Waals surface area contributed by atoms with Crippen molar-refractivity contribution >= 4 is 28.1 Å². The lowest BCUT2D eigenvalue weighted by Gasteiger charge is -2.21. The summed E-state index contributed by atoms with van der Waals surface area (Å²) in [6, 6.07) is 17.0. The zero-order chi connectivity index (χ0) is 19.2. The third kappa shape index (κ3) is 4.15. The van der Waals surface area contributed by atoms with Crippen LogP contribution in [0, 0.1) is 11.3 Å². The molecule has 6 heteroatoms. The van der Waals surface area contributed by atoms with Gasteiger partial charge in [-0.05, 0) is 30.2 Å². The molecule has 3 rings (SSSR count). The van der Waals surface area contributed by atoms with E-state index in [1.165, 1.54) is 18.3 Å². The standard InChI is InChI=1S/C21H19N3O2S/c1-3-16-8-4-6-10-19(16)24(15(2)25)21-23-18(14-27-21)13-26-20-11-7-5-9-17(20)12-22/h4-11,14H,3,13H2,1-2H3. The molecule has 1 amide bonds. The van der Waals surface area contributed by atoms with Gasteiger partial charge in [0.05, 0.1) is 16.9 Å². The van der Waals surface area contributed by atoms with E-state index in [1.54, 1.807) is 23.1 Å². The van der Waals surface area contributed by atoms with Gasteiger partial charge in [-0.15, -0.1) is 11.3 Å². The number of amides is 1. The van der Waals surface area contributed by atoms with Gasteiger partial charge >= 0.3 is 0 Å². The molecular formula is C21H19N3O2S. The molecule has 3 aromatic rings. The van der Waals surface area contributed by atoms with Crippen molar-refractivity contribution < 1.29 is 9.53 Å². The number of carbonyl (C=O) groups is 1. The first-order chi connectivity index (χ1) is 13.1. The fourth-order valence-corrected chi connectivity index (χ4v) is 3.60. The molecule has 0 radical (unpaired) electrons. The van der Waals surface area contributed by atoms with Crippen LogP contribution in [-0.4, -0.2) is 10.9 Å². The summed E-state index contributed by atoms with van der Waals surface area (Å²) in [4.78, 5) is 18.5. The number of para-hydroxylation sites is 2. The molecule has 0 saturated carbocycles. The molecule has 0 fully saturated rings. The van der Waals surface area contributed by atoms with E-state index in [1.807, 2.05) is 35.7 Å². The Kier molecular flexibility index (Phi) is 5.84. The predicted molar refractivity (Wildman–Crippen MR) is 106 cm³/mol. The Labute approximate surface area is 162 Å². The van der Waals surface area contributed by atoms with Gasteiger partial charge < -0.3 is 4.74 Å². The van der Waals surface area contributed by atoms with E-state index < -0.39 is 0 Å². The maximum Gasteiger partial charge on any atom is 0.230 e. The normalized spacial score (nSPS) is 10.3. The minimum atomic E-state index is -0.0902. The van der Waals surface area contributed by atoms with E-state index in [2.05, 4.69) is 18.0 Å². The maximum absolute atomic E-state index is 12.3. The zero-order valence-corrected chi connectivity index (χ0v) is 16.0. The smallest absolute Gasteiger partial charge is 0.230 e. The van der Waals surface area contributed by atoms with Gasteiger partial charge in [0, 0.05) is 12.3 Å². The van der Waals surface area contributed by atoms with Gasteiger partial charge in [-0.1, -0.05) is 37.3 Å². The minimum Gasteiger partial charge on any atom is -0.486 e. The molecule has 0 saturated heterocycles. The number of anilines is 2. The predicted octanol–water partition coefficient (Wildman–Crippen LogP) is 4.84. The van der Waals surface area contributed by atoms with E-state index in [0.717, 1.165) is 17.7 Å². The zero-order valence-electron chi connectivity index (χ0n) is 15.2. The molecule has 0 N–H and O–H groups in total.